The number of rotatable bonds is 1. The highest BCUT2D eigenvalue weighted by molar-refractivity contribution is 5.85. The second-order valence-corrected chi connectivity index (χ2v) is 5.49. The Morgan fingerprint density at radius 1 is 0.864 bits per heavy atom. The molecule has 5 heteroatoms. The van der Waals surface area contributed by atoms with Gasteiger partial charge >= 0.3 is 6.18 Å². The Morgan fingerprint density at radius 2 is 1.45 bits per heavy atom. The maximum absolute atomic E-state index is 12.6. The van der Waals surface area contributed by atoms with Crippen LogP contribution in [0.1, 0.15) is 47.1 Å². The van der Waals surface area contributed by atoms with Crippen molar-refractivity contribution in [2.75, 3.05) is 0 Å². The summed E-state index contributed by atoms with van der Waals surface area (Å²) in [6.45, 7) is 0. The van der Waals surface area contributed by atoms with Crippen molar-refractivity contribution in [2.24, 2.45) is 5.73 Å². The Balaban J connectivity index is 0.00000176. The first-order valence-electron chi connectivity index (χ1n) is 6.98. The van der Waals surface area contributed by atoms with Gasteiger partial charge in [-0.05, 0) is 41.7 Å². The Morgan fingerprint density at radius 3 is 2.05 bits per heavy atom. The van der Waals surface area contributed by atoms with E-state index in [2.05, 4.69) is 0 Å². The van der Waals surface area contributed by atoms with E-state index in [0.29, 0.717) is 0 Å². The van der Waals surface area contributed by atoms with Crippen LogP contribution in [-0.2, 0) is 6.18 Å². The van der Waals surface area contributed by atoms with Crippen molar-refractivity contribution in [1.29, 1.82) is 0 Å². The number of fused-ring (bicyclic) bond motifs is 1. The first-order chi connectivity index (χ1) is 9.97. The second kappa shape index (κ2) is 6.31. The normalized spacial score (nSPS) is 20.9. The molecule has 0 saturated heterocycles. The molecule has 0 bridgehead atoms. The molecule has 0 aromatic heterocycles. The molecule has 3 rings (SSSR count). The van der Waals surface area contributed by atoms with Crippen molar-refractivity contribution >= 4 is 12.4 Å². The molecule has 1 aliphatic carbocycles. The number of hydrogen-bond acceptors (Lipinski definition) is 1. The Kier molecular flexibility index (Phi) is 4.83. The fourth-order valence-corrected chi connectivity index (χ4v) is 3.07. The highest BCUT2D eigenvalue weighted by Crippen LogP contribution is 2.40. The summed E-state index contributed by atoms with van der Waals surface area (Å²) in [4.78, 5) is 0. The molecule has 0 amide bonds. The van der Waals surface area contributed by atoms with Crippen LogP contribution in [0.15, 0.2) is 48.5 Å². The van der Waals surface area contributed by atoms with Crippen LogP contribution in [0.4, 0.5) is 13.2 Å². The highest BCUT2D eigenvalue weighted by atomic mass is 35.5. The average Bonchev–Trinajstić information content (AvgIpc) is 2.47. The molecule has 0 heterocycles. The number of hydrogen-bond donors (Lipinski definition) is 1. The van der Waals surface area contributed by atoms with E-state index in [1.807, 2.05) is 24.3 Å². The molecule has 1 nitrogen and oxygen atoms in total. The molecule has 0 unspecified atom stereocenters. The number of halogens is 4. The zero-order valence-corrected chi connectivity index (χ0v) is 12.6. The van der Waals surface area contributed by atoms with Gasteiger partial charge in [0.2, 0.25) is 0 Å². The van der Waals surface area contributed by atoms with Crippen molar-refractivity contribution < 1.29 is 13.2 Å². The van der Waals surface area contributed by atoms with Crippen LogP contribution < -0.4 is 5.73 Å². The summed E-state index contributed by atoms with van der Waals surface area (Å²) < 4.78 is 37.9. The van der Waals surface area contributed by atoms with Gasteiger partial charge in [0.25, 0.3) is 0 Å². The molecule has 0 radical (unpaired) electrons. The molecule has 0 aliphatic heterocycles. The Hall–Kier alpha value is -1.52. The molecule has 0 saturated carbocycles. The van der Waals surface area contributed by atoms with Crippen LogP contribution in [-0.4, -0.2) is 0 Å². The Labute approximate surface area is 133 Å². The van der Waals surface area contributed by atoms with Gasteiger partial charge in [0.1, 0.15) is 0 Å². The summed E-state index contributed by atoms with van der Waals surface area (Å²) in [6, 6.07) is 13.4. The molecule has 2 N–H and O–H groups in total. The molecular weight excluding hydrogens is 311 g/mol. The summed E-state index contributed by atoms with van der Waals surface area (Å²) in [6.07, 6.45) is -2.57. The predicted octanol–water partition coefficient (Wildman–Crippen LogP) is 5.05. The average molecular weight is 328 g/mol. The highest BCUT2D eigenvalue weighted by Gasteiger charge is 2.31. The monoisotopic (exact) mass is 327 g/mol. The first-order valence-corrected chi connectivity index (χ1v) is 6.98. The minimum atomic E-state index is -4.29. The standard InChI is InChI=1S/C17H16F3N.ClH/c18-17(19,20)12-7-5-11(6-8-12)13-9-10-16(21)15-4-2-1-3-14(13)15;/h1-8,13,16H,9-10,21H2;1H/t13-,16-;/m0./s1. The summed E-state index contributed by atoms with van der Waals surface area (Å²) in [7, 11) is 0. The molecule has 1 aliphatic rings. The SMILES string of the molecule is Cl.N[C@H]1CC[C@@H](c2ccc(C(F)(F)F)cc2)c2ccccc21. The quantitative estimate of drug-likeness (QED) is 0.779. The minimum absolute atomic E-state index is 0. The first kappa shape index (κ1) is 16.8. The number of nitrogens with two attached hydrogens (primary N) is 1. The van der Waals surface area contributed by atoms with E-state index in [1.54, 1.807) is 12.1 Å². The van der Waals surface area contributed by atoms with Crippen molar-refractivity contribution in [3.63, 3.8) is 0 Å². The third-order valence-corrected chi connectivity index (χ3v) is 4.18. The van der Waals surface area contributed by atoms with E-state index < -0.39 is 11.7 Å². The van der Waals surface area contributed by atoms with Crippen molar-refractivity contribution in [2.45, 2.75) is 31.0 Å². The molecule has 118 valence electrons. The summed E-state index contributed by atoms with van der Waals surface area (Å²) in [5.41, 5.74) is 8.67. The molecular formula is C17H17ClF3N. The predicted molar refractivity (Wildman–Crippen MR) is 83.1 cm³/mol. The van der Waals surface area contributed by atoms with Gasteiger partial charge in [-0.15, -0.1) is 12.4 Å². The van der Waals surface area contributed by atoms with Gasteiger partial charge < -0.3 is 5.73 Å². The molecule has 22 heavy (non-hydrogen) atoms. The van der Waals surface area contributed by atoms with Crippen LogP contribution in [0.2, 0.25) is 0 Å². The van der Waals surface area contributed by atoms with Crippen molar-refractivity contribution in [1.82, 2.24) is 0 Å². The minimum Gasteiger partial charge on any atom is -0.324 e. The van der Waals surface area contributed by atoms with Gasteiger partial charge in [-0.3, -0.25) is 0 Å². The topological polar surface area (TPSA) is 26.0 Å². The summed E-state index contributed by atoms with van der Waals surface area (Å²) in [5.74, 6) is 0.128. The second-order valence-electron chi connectivity index (χ2n) is 5.49. The molecule has 2 aromatic rings. The lowest BCUT2D eigenvalue weighted by Gasteiger charge is -2.30. The fraction of sp³-hybridized carbons (Fsp3) is 0.294. The zero-order valence-electron chi connectivity index (χ0n) is 11.8. The van der Waals surface area contributed by atoms with E-state index in [1.165, 1.54) is 0 Å². The maximum atomic E-state index is 12.6. The molecule has 2 aromatic carbocycles. The van der Waals surface area contributed by atoms with Crippen molar-refractivity contribution in [3.05, 3.63) is 70.8 Å². The van der Waals surface area contributed by atoms with Gasteiger partial charge in [-0.2, -0.15) is 13.2 Å². The van der Waals surface area contributed by atoms with Gasteiger partial charge in [0, 0.05) is 12.0 Å². The molecule has 2 atom stereocenters. The van der Waals surface area contributed by atoms with E-state index in [9.17, 15) is 13.2 Å². The van der Waals surface area contributed by atoms with Gasteiger partial charge in [-0.25, -0.2) is 0 Å². The summed E-state index contributed by atoms with van der Waals surface area (Å²) in [5, 5.41) is 0. The van der Waals surface area contributed by atoms with Crippen LogP contribution in [0.5, 0.6) is 0 Å². The Bertz CT molecular complexity index is 637. The smallest absolute Gasteiger partial charge is 0.324 e. The fourth-order valence-electron chi connectivity index (χ4n) is 3.07. The lowest BCUT2D eigenvalue weighted by atomic mass is 9.77. The van der Waals surface area contributed by atoms with E-state index >= 15 is 0 Å². The molecule has 0 spiro atoms. The molecule has 0 fully saturated rings. The van der Waals surface area contributed by atoms with Crippen molar-refractivity contribution in [3.8, 4) is 0 Å². The van der Waals surface area contributed by atoms with Gasteiger partial charge in [0.05, 0.1) is 5.56 Å². The van der Waals surface area contributed by atoms with Crippen LogP contribution >= 0.6 is 12.4 Å². The third kappa shape index (κ3) is 3.13. The largest absolute Gasteiger partial charge is 0.416 e. The van der Waals surface area contributed by atoms with Gasteiger partial charge in [-0.1, -0.05) is 36.4 Å². The number of alkyl halides is 3. The summed E-state index contributed by atoms with van der Waals surface area (Å²) >= 11 is 0. The van der Waals surface area contributed by atoms with E-state index in [0.717, 1.165) is 41.7 Å². The van der Waals surface area contributed by atoms with E-state index in [-0.39, 0.29) is 24.4 Å². The zero-order chi connectivity index (χ0) is 15.0. The lowest BCUT2D eigenvalue weighted by Crippen LogP contribution is -2.21. The lowest BCUT2D eigenvalue weighted by molar-refractivity contribution is -0.137. The van der Waals surface area contributed by atoms with Crippen LogP contribution in [0.25, 0.3) is 0 Å². The van der Waals surface area contributed by atoms with E-state index in [4.69, 9.17) is 5.73 Å². The maximum Gasteiger partial charge on any atom is 0.416 e. The van der Waals surface area contributed by atoms with Gasteiger partial charge in [0.15, 0.2) is 0 Å². The van der Waals surface area contributed by atoms with Crippen LogP contribution in [0, 0.1) is 0 Å². The third-order valence-electron chi connectivity index (χ3n) is 4.18. The number of benzene rings is 2. The van der Waals surface area contributed by atoms with Crippen LogP contribution in [0.3, 0.4) is 0 Å².